The zero-order valence-electron chi connectivity index (χ0n) is 15.4. The Morgan fingerprint density at radius 2 is 2.07 bits per heavy atom. The predicted molar refractivity (Wildman–Crippen MR) is 102 cm³/mol. The van der Waals surface area contributed by atoms with Crippen LogP contribution in [0, 0.1) is 0 Å². The van der Waals surface area contributed by atoms with Crippen LogP contribution in [-0.4, -0.2) is 48.0 Å². The van der Waals surface area contributed by atoms with Gasteiger partial charge in [-0.25, -0.2) is 9.78 Å². The third-order valence-electron chi connectivity index (χ3n) is 4.23. The predicted octanol–water partition coefficient (Wildman–Crippen LogP) is 2.00. The lowest BCUT2D eigenvalue weighted by Gasteiger charge is -2.15. The molecule has 1 fully saturated rings. The average molecular weight is 404 g/mol. The summed E-state index contributed by atoms with van der Waals surface area (Å²) in [5, 5.41) is 7.53. The fourth-order valence-corrected chi connectivity index (χ4v) is 3.37. The first-order chi connectivity index (χ1) is 13.5. The van der Waals surface area contributed by atoms with Gasteiger partial charge in [-0.05, 0) is 24.1 Å². The fourth-order valence-electron chi connectivity index (χ4n) is 2.83. The molecule has 0 radical (unpaired) electrons. The van der Waals surface area contributed by atoms with Crippen LogP contribution in [-0.2, 0) is 16.1 Å². The van der Waals surface area contributed by atoms with E-state index in [2.05, 4.69) is 15.6 Å². The molecule has 0 aliphatic carbocycles. The average Bonchev–Trinajstić information content (AvgIpc) is 3.29. The summed E-state index contributed by atoms with van der Waals surface area (Å²) in [6.45, 7) is 0.104. The largest absolute Gasteiger partial charge is 0.493 e. The standard InChI is InChI=1S/C18H20N4O5S/c1-26-13-5-3-11(9-14(13)27-2)10-22-16(24)12(20-18(22)25)4-6-15(23)21-17-19-7-8-28-17/h3,5,7-9,12H,4,6,10H2,1-2H3,(H,20,25)(H,19,21,23)/t12-/m1/s1. The van der Waals surface area contributed by atoms with Crippen molar-refractivity contribution in [3.8, 4) is 11.5 Å². The molecule has 0 spiro atoms. The van der Waals surface area contributed by atoms with E-state index in [1.54, 1.807) is 29.8 Å². The second kappa shape index (κ2) is 8.70. The van der Waals surface area contributed by atoms with Gasteiger partial charge >= 0.3 is 6.03 Å². The Hall–Kier alpha value is -3.14. The number of carbonyl (C=O) groups excluding carboxylic acids is 3. The number of anilines is 1. The van der Waals surface area contributed by atoms with Gasteiger partial charge < -0.3 is 20.1 Å². The smallest absolute Gasteiger partial charge is 0.325 e. The van der Waals surface area contributed by atoms with Gasteiger partial charge in [0, 0.05) is 18.0 Å². The molecule has 28 heavy (non-hydrogen) atoms. The van der Waals surface area contributed by atoms with Crippen LogP contribution in [0.25, 0.3) is 0 Å². The number of nitrogens with zero attached hydrogens (tertiary/aromatic N) is 2. The molecule has 1 aromatic carbocycles. The van der Waals surface area contributed by atoms with Crippen molar-refractivity contribution in [2.24, 2.45) is 0 Å². The Morgan fingerprint density at radius 1 is 1.29 bits per heavy atom. The van der Waals surface area contributed by atoms with E-state index in [1.807, 2.05) is 0 Å². The highest BCUT2D eigenvalue weighted by Crippen LogP contribution is 2.28. The molecule has 0 bridgehead atoms. The van der Waals surface area contributed by atoms with Crippen molar-refractivity contribution in [2.45, 2.75) is 25.4 Å². The van der Waals surface area contributed by atoms with Crippen molar-refractivity contribution < 1.29 is 23.9 Å². The van der Waals surface area contributed by atoms with Gasteiger partial charge in [0.2, 0.25) is 5.91 Å². The summed E-state index contributed by atoms with van der Waals surface area (Å²) in [5.41, 5.74) is 0.725. The van der Waals surface area contributed by atoms with Crippen LogP contribution in [0.15, 0.2) is 29.8 Å². The Morgan fingerprint density at radius 3 is 2.75 bits per heavy atom. The number of ether oxygens (including phenoxy) is 2. The topological polar surface area (TPSA) is 110 Å². The number of carbonyl (C=O) groups is 3. The molecular formula is C18H20N4O5S. The maximum Gasteiger partial charge on any atom is 0.325 e. The van der Waals surface area contributed by atoms with E-state index in [0.29, 0.717) is 16.6 Å². The molecule has 2 heterocycles. The number of amides is 4. The number of urea groups is 1. The molecule has 1 aromatic heterocycles. The molecule has 2 N–H and O–H groups in total. The number of hydrogen-bond acceptors (Lipinski definition) is 7. The van der Waals surface area contributed by atoms with Crippen LogP contribution in [0.2, 0.25) is 0 Å². The highest BCUT2D eigenvalue weighted by Gasteiger charge is 2.37. The van der Waals surface area contributed by atoms with Crippen LogP contribution >= 0.6 is 11.3 Å². The molecule has 1 saturated heterocycles. The number of benzene rings is 1. The van der Waals surface area contributed by atoms with Crippen molar-refractivity contribution >= 4 is 34.3 Å². The molecule has 148 valence electrons. The van der Waals surface area contributed by atoms with Crippen LogP contribution < -0.4 is 20.1 Å². The molecule has 9 nitrogen and oxygen atoms in total. The quantitative estimate of drug-likeness (QED) is 0.651. The number of aromatic nitrogens is 1. The van der Waals surface area contributed by atoms with Gasteiger partial charge in [-0.3, -0.25) is 14.5 Å². The minimum atomic E-state index is -0.727. The van der Waals surface area contributed by atoms with Crippen molar-refractivity contribution in [3.63, 3.8) is 0 Å². The molecule has 1 aliphatic rings. The minimum absolute atomic E-state index is 0.0977. The lowest BCUT2D eigenvalue weighted by atomic mass is 10.1. The summed E-state index contributed by atoms with van der Waals surface area (Å²) in [7, 11) is 3.05. The minimum Gasteiger partial charge on any atom is -0.493 e. The Labute approximate surface area is 165 Å². The van der Waals surface area contributed by atoms with E-state index in [9.17, 15) is 14.4 Å². The maximum atomic E-state index is 12.6. The molecular weight excluding hydrogens is 384 g/mol. The zero-order valence-corrected chi connectivity index (χ0v) is 16.2. The van der Waals surface area contributed by atoms with Gasteiger partial charge in [0.15, 0.2) is 16.6 Å². The number of rotatable bonds is 8. The van der Waals surface area contributed by atoms with Gasteiger partial charge in [-0.15, -0.1) is 11.3 Å². The van der Waals surface area contributed by atoms with E-state index in [0.717, 1.165) is 10.5 Å². The normalized spacial score (nSPS) is 16.1. The second-order valence-electron chi connectivity index (χ2n) is 6.04. The third kappa shape index (κ3) is 4.39. The molecule has 1 atom stereocenters. The summed E-state index contributed by atoms with van der Waals surface area (Å²) in [6.07, 6.45) is 1.90. The van der Waals surface area contributed by atoms with E-state index < -0.39 is 12.1 Å². The van der Waals surface area contributed by atoms with E-state index in [4.69, 9.17) is 9.47 Å². The number of methoxy groups -OCH3 is 2. The Kier molecular flexibility index (Phi) is 6.09. The Balaban J connectivity index is 1.58. The van der Waals surface area contributed by atoms with Crippen LogP contribution in [0.5, 0.6) is 11.5 Å². The monoisotopic (exact) mass is 404 g/mol. The zero-order chi connectivity index (χ0) is 20.1. The summed E-state index contributed by atoms with van der Waals surface area (Å²) in [4.78, 5) is 41.8. The first-order valence-electron chi connectivity index (χ1n) is 8.54. The van der Waals surface area contributed by atoms with E-state index in [1.165, 1.54) is 25.6 Å². The molecule has 3 rings (SSSR count). The maximum absolute atomic E-state index is 12.6. The molecule has 10 heteroatoms. The lowest BCUT2D eigenvalue weighted by Crippen LogP contribution is -2.31. The molecule has 2 aromatic rings. The van der Waals surface area contributed by atoms with Crippen LogP contribution in [0.1, 0.15) is 18.4 Å². The number of imide groups is 1. The number of nitrogens with one attached hydrogen (secondary N) is 2. The molecule has 1 aliphatic heterocycles. The number of hydrogen-bond donors (Lipinski definition) is 2. The van der Waals surface area contributed by atoms with Crippen molar-refractivity contribution in [1.82, 2.24) is 15.2 Å². The number of thiazole rings is 1. The van der Waals surface area contributed by atoms with Crippen molar-refractivity contribution in [3.05, 3.63) is 35.3 Å². The summed E-state index contributed by atoms with van der Waals surface area (Å²) in [6, 6.07) is 3.98. The molecule has 0 unspecified atom stereocenters. The summed E-state index contributed by atoms with van der Waals surface area (Å²) < 4.78 is 10.4. The Bertz CT molecular complexity index is 871. The van der Waals surface area contributed by atoms with Gasteiger partial charge in [-0.2, -0.15) is 0 Å². The second-order valence-corrected chi connectivity index (χ2v) is 6.93. The van der Waals surface area contributed by atoms with Gasteiger partial charge in [0.25, 0.3) is 5.91 Å². The highest BCUT2D eigenvalue weighted by molar-refractivity contribution is 7.13. The third-order valence-corrected chi connectivity index (χ3v) is 4.92. The first kappa shape index (κ1) is 19.6. The van der Waals surface area contributed by atoms with Crippen molar-refractivity contribution in [2.75, 3.05) is 19.5 Å². The highest BCUT2D eigenvalue weighted by atomic mass is 32.1. The van der Waals surface area contributed by atoms with Crippen LogP contribution in [0.3, 0.4) is 0 Å². The van der Waals surface area contributed by atoms with Gasteiger partial charge in [-0.1, -0.05) is 6.07 Å². The van der Waals surface area contributed by atoms with E-state index >= 15 is 0 Å². The summed E-state index contributed by atoms with van der Waals surface area (Å²) in [5.74, 6) is 0.465. The SMILES string of the molecule is COc1ccc(CN2C(=O)N[C@H](CCC(=O)Nc3nccs3)C2=O)cc1OC. The first-order valence-corrected chi connectivity index (χ1v) is 9.42. The summed E-state index contributed by atoms with van der Waals surface area (Å²) >= 11 is 1.31. The molecule has 0 saturated carbocycles. The fraction of sp³-hybridized carbons (Fsp3) is 0.333. The molecule has 4 amide bonds. The van der Waals surface area contributed by atoms with Gasteiger partial charge in [0.05, 0.1) is 20.8 Å². The van der Waals surface area contributed by atoms with Crippen molar-refractivity contribution in [1.29, 1.82) is 0 Å². The van der Waals surface area contributed by atoms with Crippen LogP contribution in [0.4, 0.5) is 9.93 Å². The lowest BCUT2D eigenvalue weighted by molar-refractivity contribution is -0.128. The van der Waals surface area contributed by atoms with E-state index in [-0.39, 0.29) is 31.2 Å². The van der Waals surface area contributed by atoms with Gasteiger partial charge in [0.1, 0.15) is 6.04 Å².